The molecule has 0 radical (unpaired) electrons. The van der Waals surface area contributed by atoms with Crippen LogP contribution in [0.2, 0.25) is 0 Å². The standard InChI is InChI=1S/C20H29NO5S.C19H29NO4S.3CH4/c1-19(2,3)17(24)21-15(13-7-9-14(10-8-13)16(22)23)27-12-11-26-18(25)20(4,5)6;1-18(2,3)17(23)24-11-12-25-15(20-19(4,5)6)13-7-9-14(10-8-13)16(21)22;;;/h7-10,15H,11-12H2,1-6H3,(H,21,24)(H,22,23);7-10,15,20H,11-12H2,1-6H3,(H,21,22);3*1H4. The Balaban J connectivity index is -0.000000935. The molecule has 2 unspecified atom stereocenters. The summed E-state index contributed by atoms with van der Waals surface area (Å²) in [7, 11) is 0. The van der Waals surface area contributed by atoms with Crippen molar-refractivity contribution < 1.29 is 43.7 Å². The van der Waals surface area contributed by atoms with E-state index in [1.54, 1.807) is 56.8 Å². The smallest absolute Gasteiger partial charge is 0.335 e. The lowest BCUT2D eigenvalue weighted by Gasteiger charge is -2.28. The predicted octanol–water partition coefficient (Wildman–Crippen LogP) is 9.87. The van der Waals surface area contributed by atoms with E-state index >= 15 is 0 Å². The Morgan fingerprint density at radius 2 is 0.891 bits per heavy atom. The van der Waals surface area contributed by atoms with E-state index in [1.807, 2.05) is 53.7 Å². The highest BCUT2D eigenvalue weighted by molar-refractivity contribution is 7.99. The van der Waals surface area contributed by atoms with Gasteiger partial charge in [0.05, 0.1) is 27.3 Å². The molecular weight excluding hydrogens is 741 g/mol. The maximum Gasteiger partial charge on any atom is 0.335 e. The summed E-state index contributed by atoms with van der Waals surface area (Å²) in [6, 6.07) is 13.2. The first-order valence-electron chi connectivity index (χ1n) is 17.0. The lowest BCUT2D eigenvalue weighted by molar-refractivity contribution is -0.152. The Hall–Kier alpha value is -3.55. The number of ether oxygens (including phenoxy) is 2. The molecule has 2 atom stereocenters. The zero-order valence-corrected chi connectivity index (χ0v) is 34.3. The van der Waals surface area contributed by atoms with Gasteiger partial charge in [0.15, 0.2) is 0 Å². The van der Waals surface area contributed by atoms with Crippen LogP contribution >= 0.6 is 23.5 Å². The van der Waals surface area contributed by atoms with Gasteiger partial charge in [0.25, 0.3) is 0 Å². The van der Waals surface area contributed by atoms with Crippen LogP contribution in [0, 0.1) is 16.2 Å². The molecule has 0 saturated heterocycles. The highest BCUT2D eigenvalue weighted by atomic mass is 32.2. The van der Waals surface area contributed by atoms with Crippen molar-refractivity contribution in [2.24, 2.45) is 16.2 Å². The molecule has 0 heterocycles. The van der Waals surface area contributed by atoms with Gasteiger partial charge in [-0.1, -0.05) is 67.3 Å². The Morgan fingerprint density at radius 3 is 1.18 bits per heavy atom. The topological polar surface area (TPSA) is 168 Å². The van der Waals surface area contributed by atoms with Crippen molar-refractivity contribution in [1.29, 1.82) is 0 Å². The lowest BCUT2D eigenvalue weighted by atomic mass is 9.95. The van der Waals surface area contributed by atoms with Crippen LogP contribution in [-0.2, 0) is 23.9 Å². The number of carbonyl (C=O) groups is 5. The molecule has 0 aliphatic carbocycles. The van der Waals surface area contributed by atoms with E-state index in [9.17, 15) is 24.0 Å². The molecule has 0 spiro atoms. The molecule has 0 saturated carbocycles. The van der Waals surface area contributed by atoms with Gasteiger partial charge in [0, 0.05) is 22.5 Å². The maximum atomic E-state index is 12.4. The third-order valence-electron chi connectivity index (χ3n) is 6.86. The third kappa shape index (κ3) is 22.0. The fourth-order valence-corrected chi connectivity index (χ4v) is 5.96. The van der Waals surface area contributed by atoms with Gasteiger partial charge >= 0.3 is 23.9 Å². The monoisotopic (exact) mass is 810 g/mol. The van der Waals surface area contributed by atoms with E-state index < -0.39 is 28.2 Å². The summed E-state index contributed by atoms with van der Waals surface area (Å²) in [6.07, 6.45) is 0. The Morgan fingerprint density at radius 1 is 0.564 bits per heavy atom. The van der Waals surface area contributed by atoms with Gasteiger partial charge in [-0.3, -0.25) is 19.7 Å². The van der Waals surface area contributed by atoms with Crippen molar-refractivity contribution >= 4 is 53.3 Å². The molecular formula is C42H70N2O9S2. The first kappa shape index (κ1) is 55.8. The summed E-state index contributed by atoms with van der Waals surface area (Å²) < 4.78 is 10.6. The normalized spacial score (nSPS) is 12.4. The van der Waals surface area contributed by atoms with Crippen molar-refractivity contribution in [3.8, 4) is 0 Å². The van der Waals surface area contributed by atoms with E-state index in [2.05, 4.69) is 31.4 Å². The first-order chi connectivity index (χ1) is 23.7. The third-order valence-corrected chi connectivity index (χ3v) is 9.11. The van der Waals surface area contributed by atoms with Crippen LogP contribution in [0.1, 0.15) is 148 Å². The van der Waals surface area contributed by atoms with Crippen LogP contribution in [0.25, 0.3) is 0 Å². The molecule has 1 amide bonds. The number of esters is 2. The van der Waals surface area contributed by atoms with E-state index in [0.717, 1.165) is 11.1 Å². The second kappa shape index (κ2) is 24.2. The summed E-state index contributed by atoms with van der Waals surface area (Å²) in [5, 5.41) is 24.2. The number of aromatic carboxylic acids is 2. The summed E-state index contributed by atoms with van der Waals surface area (Å²) in [6.45, 7) is 23.1. The second-order valence-corrected chi connectivity index (χ2v) is 18.7. The van der Waals surface area contributed by atoms with Gasteiger partial charge in [0.2, 0.25) is 5.91 Å². The molecule has 11 nitrogen and oxygen atoms in total. The zero-order chi connectivity index (χ0) is 40.1. The number of amides is 1. The summed E-state index contributed by atoms with van der Waals surface area (Å²) in [5.74, 6) is -1.39. The molecule has 2 aromatic carbocycles. The quantitative estimate of drug-likeness (QED) is 0.0811. The minimum absolute atomic E-state index is 0. The van der Waals surface area contributed by atoms with Gasteiger partial charge in [0.1, 0.15) is 18.6 Å². The van der Waals surface area contributed by atoms with Crippen LogP contribution in [0.3, 0.4) is 0 Å². The fraction of sp³-hybridized carbons (Fsp3) is 0.595. The number of thioether (sulfide) groups is 2. The molecule has 0 aliphatic heterocycles. The molecule has 0 fully saturated rings. The summed E-state index contributed by atoms with van der Waals surface area (Å²) >= 11 is 3.06. The van der Waals surface area contributed by atoms with Crippen LogP contribution in [0.15, 0.2) is 48.5 Å². The number of carboxylic acid groups (broad SMARTS) is 2. The Kier molecular flexibility index (Phi) is 24.5. The molecule has 0 aromatic heterocycles. The lowest BCUT2D eigenvalue weighted by Crippen LogP contribution is -2.38. The number of carbonyl (C=O) groups excluding carboxylic acids is 3. The first-order valence-corrected chi connectivity index (χ1v) is 19.1. The highest BCUT2D eigenvalue weighted by Crippen LogP contribution is 2.30. The summed E-state index contributed by atoms with van der Waals surface area (Å²) in [4.78, 5) is 58.1. The highest BCUT2D eigenvalue weighted by Gasteiger charge is 2.27. The zero-order valence-electron chi connectivity index (χ0n) is 32.7. The molecule has 314 valence electrons. The number of hydrogen-bond donors (Lipinski definition) is 4. The van der Waals surface area contributed by atoms with Crippen molar-refractivity contribution in [1.82, 2.24) is 10.6 Å². The number of benzene rings is 2. The van der Waals surface area contributed by atoms with Crippen LogP contribution in [0.5, 0.6) is 0 Å². The number of carboxylic acids is 2. The van der Waals surface area contributed by atoms with E-state index in [-0.39, 0.29) is 74.1 Å². The second-order valence-electron chi connectivity index (χ2n) is 16.2. The van der Waals surface area contributed by atoms with Gasteiger partial charge in [-0.15, -0.1) is 23.5 Å². The van der Waals surface area contributed by atoms with Crippen molar-refractivity contribution in [3.05, 3.63) is 70.8 Å². The van der Waals surface area contributed by atoms with Gasteiger partial charge in [-0.25, -0.2) is 9.59 Å². The van der Waals surface area contributed by atoms with Crippen molar-refractivity contribution in [2.75, 3.05) is 24.7 Å². The SMILES string of the molecule is C.C.C.CC(C)(C)C(=O)NC(SCCOC(=O)C(C)(C)C)c1ccc(C(=O)O)cc1.CC(C)(C)NC(SCCOC(=O)C(C)(C)C)c1ccc(C(=O)O)cc1. The maximum absolute atomic E-state index is 12.4. The molecule has 0 aliphatic rings. The van der Waals surface area contributed by atoms with E-state index in [1.165, 1.54) is 23.9 Å². The van der Waals surface area contributed by atoms with Crippen LogP contribution in [0.4, 0.5) is 0 Å². The fourth-order valence-electron chi connectivity index (χ4n) is 3.81. The predicted molar refractivity (Wildman–Crippen MR) is 229 cm³/mol. The molecule has 2 rings (SSSR count). The van der Waals surface area contributed by atoms with Gasteiger partial charge < -0.3 is 25.0 Å². The number of rotatable bonds is 14. The van der Waals surface area contributed by atoms with E-state index in [0.29, 0.717) is 18.1 Å². The minimum atomic E-state index is -1.00. The summed E-state index contributed by atoms with van der Waals surface area (Å²) in [5.41, 5.74) is 0.504. The van der Waals surface area contributed by atoms with Crippen LogP contribution < -0.4 is 10.6 Å². The van der Waals surface area contributed by atoms with Crippen LogP contribution in [-0.4, -0.2) is 70.3 Å². The average molecular weight is 811 g/mol. The molecule has 2 aromatic rings. The largest absolute Gasteiger partial charge is 0.478 e. The molecule has 55 heavy (non-hydrogen) atoms. The van der Waals surface area contributed by atoms with E-state index in [4.69, 9.17) is 19.7 Å². The van der Waals surface area contributed by atoms with Gasteiger partial charge in [-0.2, -0.15) is 0 Å². The van der Waals surface area contributed by atoms with Crippen molar-refractivity contribution in [3.63, 3.8) is 0 Å². The molecule has 0 bridgehead atoms. The van der Waals surface area contributed by atoms with Crippen molar-refractivity contribution in [2.45, 2.75) is 122 Å². The van der Waals surface area contributed by atoms with Gasteiger partial charge in [-0.05, 0) is 97.7 Å². The Labute approximate surface area is 339 Å². The number of nitrogens with one attached hydrogen (secondary N) is 2. The Bertz CT molecular complexity index is 1480. The minimum Gasteiger partial charge on any atom is -0.478 e. The number of hydrogen-bond acceptors (Lipinski definition) is 10. The molecule has 4 N–H and O–H groups in total. The average Bonchev–Trinajstić information content (AvgIpc) is 3.02. The molecule has 13 heteroatoms.